The fourth-order valence-electron chi connectivity index (χ4n) is 4.62. The van der Waals surface area contributed by atoms with Gasteiger partial charge in [0.25, 0.3) is 0 Å². The Hall–Kier alpha value is -1.96. The molecule has 1 fully saturated rings. The summed E-state index contributed by atoms with van der Waals surface area (Å²) >= 11 is 0. The zero-order valence-electron chi connectivity index (χ0n) is 15.4. The molecular formula is C24H26F2. The maximum Gasteiger partial charge on any atom is 0.130 e. The highest BCUT2D eigenvalue weighted by Crippen LogP contribution is 2.38. The summed E-state index contributed by atoms with van der Waals surface area (Å²) in [5.74, 6) is 1.05. The van der Waals surface area contributed by atoms with Gasteiger partial charge in [-0.15, -0.1) is 0 Å². The van der Waals surface area contributed by atoms with Crippen molar-refractivity contribution in [2.45, 2.75) is 57.8 Å². The Bertz CT molecular complexity index is 826. The lowest BCUT2D eigenvalue weighted by atomic mass is 9.77. The molecular weight excluding hydrogens is 326 g/mol. The molecule has 2 aliphatic rings. The van der Waals surface area contributed by atoms with Crippen molar-refractivity contribution in [3.63, 3.8) is 0 Å². The highest BCUT2D eigenvalue weighted by atomic mass is 19.1. The van der Waals surface area contributed by atoms with Gasteiger partial charge < -0.3 is 0 Å². The lowest BCUT2D eigenvalue weighted by Crippen LogP contribution is -2.13. The molecule has 0 bridgehead atoms. The fraction of sp³-hybridized carbons (Fsp3) is 0.417. The molecule has 0 N–H and O–H groups in total. The number of benzene rings is 2. The number of allylic oxidation sites excluding steroid dienone is 1. The van der Waals surface area contributed by atoms with Crippen LogP contribution < -0.4 is 0 Å². The maximum atomic E-state index is 14.9. The van der Waals surface area contributed by atoms with Crippen LogP contribution in [0.5, 0.6) is 0 Å². The Morgan fingerprint density at radius 3 is 2.46 bits per heavy atom. The summed E-state index contributed by atoms with van der Waals surface area (Å²) in [6.45, 7) is 2.27. The second-order valence-corrected chi connectivity index (χ2v) is 7.88. The molecule has 2 aromatic carbocycles. The molecule has 0 saturated heterocycles. The van der Waals surface area contributed by atoms with Crippen LogP contribution in [0.15, 0.2) is 36.4 Å². The van der Waals surface area contributed by atoms with E-state index in [-0.39, 0.29) is 11.6 Å². The fourth-order valence-corrected chi connectivity index (χ4v) is 4.62. The van der Waals surface area contributed by atoms with Crippen LogP contribution >= 0.6 is 0 Å². The van der Waals surface area contributed by atoms with E-state index in [2.05, 4.69) is 13.0 Å². The molecule has 136 valence electrons. The monoisotopic (exact) mass is 352 g/mol. The highest BCUT2D eigenvalue weighted by molar-refractivity contribution is 5.84. The van der Waals surface area contributed by atoms with Gasteiger partial charge in [0.1, 0.15) is 11.6 Å². The van der Waals surface area contributed by atoms with Crippen LogP contribution in [0.25, 0.3) is 11.6 Å². The second-order valence-electron chi connectivity index (χ2n) is 7.88. The standard InChI is InChI=1S/C24H26F2/c1-2-16-3-5-17(6-4-16)20-10-12-23(24(26)15-20)21-8-7-19-14-22(25)11-9-18(19)13-21/h9-17H,2-8H2,1H3. The zero-order chi connectivity index (χ0) is 18.1. The van der Waals surface area contributed by atoms with E-state index < -0.39 is 0 Å². The van der Waals surface area contributed by atoms with E-state index in [1.165, 1.54) is 38.2 Å². The van der Waals surface area contributed by atoms with Gasteiger partial charge in [0, 0.05) is 5.56 Å². The van der Waals surface area contributed by atoms with E-state index in [4.69, 9.17) is 0 Å². The molecule has 1 saturated carbocycles. The van der Waals surface area contributed by atoms with Crippen molar-refractivity contribution in [2.75, 3.05) is 0 Å². The molecule has 0 aromatic heterocycles. The van der Waals surface area contributed by atoms with Gasteiger partial charge in [0.05, 0.1) is 0 Å². The van der Waals surface area contributed by atoms with Crippen LogP contribution in [0, 0.1) is 17.6 Å². The first-order chi connectivity index (χ1) is 12.6. The predicted octanol–water partition coefficient (Wildman–Crippen LogP) is 7.14. The largest absolute Gasteiger partial charge is 0.207 e. The third-order valence-electron chi connectivity index (χ3n) is 6.33. The van der Waals surface area contributed by atoms with Crippen molar-refractivity contribution >= 4 is 11.6 Å². The lowest BCUT2D eigenvalue weighted by molar-refractivity contribution is 0.318. The average Bonchev–Trinajstić information content (AvgIpc) is 2.67. The van der Waals surface area contributed by atoms with Gasteiger partial charge in [-0.2, -0.15) is 0 Å². The van der Waals surface area contributed by atoms with Crippen molar-refractivity contribution in [3.8, 4) is 0 Å². The molecule has 0 heterocycles. The van der Waals surface area contributed by atoms with E-state index in [0.717, 1.165) is 41.0 Å². The van der Waals surface area contributed by atoms with Crippen LogP contribution in [0.4, 0.5) is 8.78 Å². The van der Waals surface area contributed by atoms with Crippen molar-refractivity contribution in [1.29, 1.82) is 0 Å². The summed E-state index contributed by atoms with van der Waals surface area (Å²) in [6, 6.07) is 10.7. The third kappa shape index (κ3) is 3.47. The zero-order valence-corrected chi connectivity index (χ0v) is 15.4. The second kappa shape index (κ2) is 7.34. The molecule has 0 nitrogen and oxygen atoms in total. The summed E-state index contributed by atoms with van der Waals surface area (Å²) in [5.41, 5.74) is 4.89. The van der Waals surface area contributed by atoms with Gasteiger partial charge in [-0.05, 0) is 90.8 Å². The van der Waals surface area contributed by atoms with Crippen molar-refractivity contribution < 1.29 is 8.78 Å². The number of rotatable bonds is 3. The summed E-state index contributed by atoms with van der Waals surface area (Å²) in [7, 11) is 0. The predicted molar refractivity (Wildman–Crippen MR) is 104 cm³/mol. The quantitative estimate of drug-likeness (QED) is 0.551. The topological polar surface area (TPSA) is 0 Å². The molecule has 4 rings (SSSR count). The first kappa shape index (κ1) is 17.5. The molecule has 0 radical (unpaired) electrons. The number of halogens is 2. The molecule has 2 heteroatoms. The SMILES string of the molecule is CCC1CCC(c2ccc(C3=Cc4ccc(F)cc4CC3)c(F)c2)CC1. The van der Waals surface area contributed by atoms with Gasteiger partial charge in [0.2, 0.25) is 0 Å². The molecule has 0 amide bonds. The van der Waals surface area contributed by atoms with Gasteiger partial charge in [-0.3, -0.25) is 0 Å². The normalized spacial score (nSPS) is 22.7. The summed E-state index contributed by atoms with van der Waals surface area (Å²) in [6.07, 6.45) is 9.70. The number of aryl methyl sites for hydroxylation is 1. The molecule has 2 aliphatic carbocycles. The molecule has 0 spiro atoms. The number of fused-ring (bicyclic) bond motifs is 1. The third-order valence-corrected chi connectivity index (χ3v) is 6.33. The summed E-state index contributed by atoms with van der Waals surface area (Å²) in [5, 5.41) is 0. The molecule has 0 unspecified atom stereocenters. The molecule has 2 aromatic rings. The van der Waals surface area contributed by atoms with Crippen LogP contribution in [0.2, 0.25) is 0 Å². The van der Waals surface area contributed by atoms with E-state index in [9.17, 15) is 8.78 Å². The van der Waals surface area contributed by atoms with E-state index in [1.807, 2.05) is 12.1 Å². The maximum absolute atomic E-state index is 14.9. The summed E-state index contributed by atoms with van der Waals surface area (Å²) in [4.78, 5) is 0. The van der Waals surface area contributed by atoms with Gasteiger partial charge in [-0.25, -0.2) is 8.78 Å². The van der Waals surface area contributed by atoms with Gasteiger partial charge >= 0.3 is 0 Å². The van der Waals surface area contributed by atoms with Crippen molar-refractivity contribution in [1.82, 2.24) is 0 Å². The Morgan fingerprint density at radius 1 is 0.923 bits per heavy atom. The first-order valence-corrected chi connectivity index (χ1v) is 9.93. The number of hydrogen-bond donors (Lipinski definition) is 0. The molecule has 0 atom stereocenters. The molecule has 26 heavy (non-hydrogen) atoms. The van der Waals surface area contributed by atoms with Crippen LogP contribution in [-0.4, -0.2) is 0 Å². The Labute approximate surface area is 154 Å². The van der Waals surface area contributed by atoms with Crippen molar-refractivity contribution in [2.24, 2.45) is 5.92 Å². The summed E-state index contributed by atoms with van der Waals surface area (Å²) < 4.78 is 28.2. The van der Waals surface area contributed by atoms with Gasteiger partial charge in [-0.1, -0.05) is 37.6 Å². The number of hydrogen-bond acceptors (Lipinski definition) is 0. The van der Waals surface area contributed by atoms with Gasteiger partial charge in [0.15, 0.2) is 0 Å². The minimum Gasteiger partial charge on any atom is -0.207 e. The van der Waals surface area contributed by atoms with Crippen LogP contribution in [-0.2, 0) is 6.42 Å². The van der Waals surface area contributed by atoms with Crippen molar-refractivity contribution in [3.05, 3.63) is 70.3 Å². The minimum absolute atomic E-state index is 0.114. The Morgan fingerprint density at radius 2 is 1.73 bits per heavy atom. The minimum atomic E-state index is -0.200. The average molecular weight is 352 g/mol. The van der Waals surface area contributed by atoms with Crippen LogP contribution in [0.1, 0.15) is 73.6 Å². The highest BCUT2D eigenvalue weighted by Gasteiger charge is 2.23. The van der Waals surface area contributed by atoms with E-state index >= 15 is 0 Å². The van der Waals surface area contributed by atoms with Crippen LogP contribution in [0.3, 0.4) is 0 Å². The lowest BCUT2D eigenvalue weighted by Gasteiger charge is -2.28. The van der Waals surface area contributed by atoms with E-state index in [0.29, 0.717) is 11.5 Å². The smallest absolute Gasteiger partial charge is 0.130 e. The van der Waals surface area contributed by atoms with E-state index in [1.54, 1.807) is 18.2 Å². The molecule has 0 aliphatic heterocycles. The Balaban J connectivity index is 1.56. The Kier molecular flexibility index (Phi) is 4.93. The first-order valence-electron chi connectivity index (χ1n) is 9.93.